The summed E-state index contributed by atoms with van der Waals surface area (Å²) in [5.41, 5.74) is 2.37. The average Bonchev–Trinajstić information content (AvgIpc) is 3.39. The summed E-state index contributed by atoms with van der Waals surface area (Å²) in [5, 5.41) is 16.4. The predicted molar refractivity (Wildman–Crippen MR) is 97.2 cm³/mol. The van der Waals surface area contributed by atoms with Crippen molar-refractivity contribution < 1.29 is 4.79 Å². The maximum atomic E-state index is 12.7. The summed E-state index contributed by atoms with van der Waals surface area (Å²) in [6.07, 6.45) is 4.25. The highest BCUT2D eigenvalue weighted by Crippen LogP contribution is 2.20. The molecule has 0 bridgehead atoms. The number of amides is 1. The van der Waals surface area contributed by atoms with Gasteiger partial charge in [0.1, 0.15) is 12.1 Å². The average molecular weight is 347 g/mol. The van der Waals surface area contributed by atoms with E-state index in [4.69, 9.17) is 0 Å². The molecule has 1 fully saturated rings. The number of para-hydroxylation sites is 1. The van der Waals surface area contributed by atoms with Crippen molar-refractivity contribution in [1.29, 1.82) is 0 Å². The van der Waals surface area contributed by atoms with E-state index in [9.17, 15) is 4.79 Å². The highest BCUT2D eigenvalue weighted by molar-refractivity contribution is 6.06. The molecule has 3 aromatic heterocycles. The Bertz CT molecular complexity index is 1100. The van der Waals surface area contributed by atoms with E-state index in [1.54, 1.807) is 17.0 Å². The molecule has 0 saturated carbocycles. The van der Waals surface area contributed by atoms with Crippen LogP contribution < -0.4 is 10.2 Å². The van der Waals surface area contributed by atoms with E-state index < -0.39 is 0 Å². The van der Waals surface area contributed by atoms with Crippen LogP contribution in [-0.4, -0.2) is 49.8 Å². The Balaban J connectivity index is 1.30. The van der Waals surface area contributed by atoms with Crippen LogP contribution in [0.15, 0.2) is 48.9 Å². The van der Waals surface area contributed by atoms with Gasteiger partial charge in [-0.05, 0) is 24.6 Å². The zero-order valence-electron chi connectivity index (χ0n) is 14.0. The van der Waals surface area contributed by atoms with Crippen molar-refractivity contribution in [3.05, 3.63) is 54.5 Å². The molecule has 5 rings (SSSR count). The van der Waals surface area contributed by atoms with E-state index in [0.29, 0.717) is 5.56 Å². The normalized spacial score (nSPS) is 17.2. The first-order valence-electron chi connectivity index (χ1n) is 8.57. The second kappa shape index (κ2) is 5.83. The van der Waals surface area contributed by atoms with Gasteiger partial charge in [0.25, 0.3) is 5.91 Å². The van der Waals surface area contributed by atoms with Gasteiger partial charge in [0, 0.05) is 36.2 Å². The monoisotopic (exact) mass is 347 g/mol. The summed E-state index contributed by atoms with van der Waals surface area (Å²) in [4.78, 5) is 18.0. The number of nitrogens with zero attached hydrogens (tertiary/aromatic N) is 5. The fourth-order valence-electron chi connectivity index (χ4n) is 3.50. The maximum absolute atomic E-state index is 12.7. The molecule has 1 saturated heterocycles. The summed E-state index contributed by atoms with van der Waals surface area (Å²) in [5.74, 6) is 0.817. The number of aromatic amines is 1. The lowest BCUT2D eigenvalue weighted by atomic mass is 10.1. The molecule has 130 valence electrons. The first-order valence-corrected chi connectivity index (χ1v) is 8.57. The van der Waals surface area contributed by atoms with Crippen LogP contribution in [0.1, 0.15) is 16.8 Å². The first kappa shape index (κ1) is 14.9. The largest absolute Gasteiger partial charge is 0.360 e. The molecule has 4 aromatic rings. The summed E-state index contributed by atoms with van der Waals surface area (Å²) < 4.78 is 1.66. The molecule has 4 heterocycles. The van der Waals surface area contributed by atoms with E-state index in [1.165, 1.54) is 0 Å². The standard InChI is InChI=1S/C18H17N7O/c26-18(14-9-19-15-4-2-1-3-13(14)15)21-12-7-8-24(10-12)17-6-5-16-22-20-11-25(16)23-17/h1-6,9,11-12,19H,7-8,10H2,(H,21,26). The third-order valence-corrected chi connectivity index (χ3v) is 4.83. The van der Waals surface area contributed by atoms with Crippen molar-refractivity contribution in [2.24, 2.45) is 0 Å². The topological polar surface area (TPSA) is 91.2 Å². The molecular formula is C18H17N7O. The smallest absolute Gasteiger partial charge is 0.253 e. The minimum absolute atomic E-state index is 0.0449. The van der Waals surface area contributed by atoms with Crippen LogP contribution in [0.5, 0.6) is 0 Å². The number of anilines is 1. The SMILES string of the molecule is O=C(NC1CCN(c2ccc3nncn3n2)C1)c1c[nH]c2ccccc12. The summed E-state index contributed by atoms with van der Waals surface area (Å²) in [6.45, 7) is 1.58. The minimum Gasteiger partial charge on any atom is -0.360 e. The van der Waals surface area contributed by atoms with E-state index >= 15 is 0 Å². The number of nitrogens with one attached hydrogen (secondary N) is 2. The number of benzene rings is 1. The number of carbonyl (C=O) groups is 1. The van der Waals surface area contributed by atoms with Crippen LogP contribution in [0.25, 0.3) is 16.6 Å². The number of rotatable bonds is 3. The Morgan fingerprint density at radius 3 is 3.12 bits per heavy atom. The molecule has 1 unspecified atom stereocenters. The van der Waals surface area contributed by atoms with Gasteiger partial charge in [-0.1, -0.05) is 18.2 Å². The zero-order chi connectivity index (χ0) is 17.5. The molecule has 1 aliphatic rings. The van der Waals surface area contributed by atoms with Gasteiger partial charge in [0.05, 0.1) is 5.56 Å². The van der Waals surface area contributed by atoms with Crippen LogP contribution in [-0.2, 0) is 0 Å². The van der Waals surface area contributed by atoms with Crippen LogP contribution in [0.3, 0.4) is 0 Å². The Hall–Kier alpha value is -3.42. The van der Waals surface area contributed by atoms with Crippen molar-refractivity contribution in [3.8, 4) is 0 Å². The van der Waals surface area contributed by atoms with Crippen molar-refractivity contribution in [2.75, 3.05) is 18.0 Å². The van der Waals surface area contributed by atoms with Crippen LogP contribution in [0.2, 0.25) is 0 Å². The number of aromatic nitrogens is 5. The van der Waals surface area contributed by atoms with Crippen molar-refractivity contribution in [3.63, 3.8) is 0 Å². The lowest BCUT2D eigenvalue weighted by molar-refractivity contribution is 0.0942. The summed E-state index contributed by atoms with van der Waals surface area (Å²) >= 11 is 0. The van der Waals surface area contributed by atoms with E-state index in [0.717, 1.165) is 41.9 Å². The molecule has 0 spiro atoms. The van der Waals surface area contributed by atoms with E-state index in [1.807, 2.05) is 36.4 Å². The first-order chi connectivity index (χ1) is 12.8. The second-order valence-electron chi connectivity index (χ2n) is 6.48. The van der Waals surface area contributed by atoms with Crippen LogP contribution in [0, 0.1) is 0 Å². The highest BCUT2D eigenvalue weighted by Gasteiger charge is 2.26. The van der Waals surface area contributed by atoms with Crippen molar-refractivity contribution in [2.45, 2.75) is 12.5 Å². The molecule has 26 heavy (non-hydrogen) atoms. The third kappa shape index (κ3) is 2.46. The van der Waals surface area contributed by atoms with Gasteiger partial charge in [0.2, 0.25) is 0 Å². The van der Waals surface area contributed by atoms with E-state index in [-0.39, 0.29) is 11.9 Å². The lowest BCUT2D eigenvalue weighted by Crippen LogP contribution is -2.37. The van der Waals surface area contributed by atoms with Gasteiger partial charge >= 0.3 is 0 Å². The fourth-order valence-corrected chi connectivity index (χ4v) is 3.50. The van der Waals surface area contributed by atoms with Gasteiger partial charge < -0.3 is 15.2 Å². The van der Waals surface area contributed by atoms with Crippen molar-refractivity contribution >= 4 is 28.3 Å². The van der Waals surface area contributed by atoms with Crippen LogP contribution in [0.4, 0.5) is 5.82 Å². The molecule has 8 heteroatoms. The van der Waals surface area contributed by atoms with E-state index in [2.05, 4.69) is 30.5 Å². The molecule has 1 aromatic carbocycles. The molecule has 1 atom stereocenters. The Kier molecular flexibility index (Phi) is 3.34. The Morgan fingerprint density at radius 1 is 1.23 bits per heavy atom. The fraction of sp³-hybridized carbons (Fsp3) is 0.222. The number of hydrogen-bond acceptors (Lipinski definition) is 5. The van der Waals surface area contributed by atoms with Gasteiger partial charge in [-0.3, -0.25) is 4.79 Å². The summed E-state index contributed by atoms with van der Waals surface area (Å²) in [6, 6.07) is 11.7. The lowest BCUT2D eigenvalue weighted by Gasteiger charge is -2.17. The van der Waals surface area contributed by atoms with Gasteiger partial charge in [0.15, 0.2) is 5.65 Å². The number of fused-ring (bicyclic) bond motifs is 2. The van der Waals surface area contributed by atoms with Gasteiger partial charge in [-0.2, -0.15) is 4.52 Å². The molecule has 1 amide bonds. The second-order valence-corrected chi connectivity index (χ2v) is 6.48. The quantitative estimate of drug-likeness (QED) is 0.588. The molecule has 1 aliphatic heterocycles. The molecule has 2 N–H and O–H groups in total. The predicted octanol–water partition coefficient (Wildman–Crippen LogP) is 1.61. The third-order valence-electron chi connectivity index (χ3n) is 4.83. The highest BCUT2D eigenvalue weighted by atomic mass is 16.1. The molecule has 0 aliphatic carbocycles. The van der Waals surface area contributed by atoms with Gasteiger partial charge in [-0.25, -0.2) is 0 Å². The molecular weight excluding hydrogens is 330 g/mol. The molecule has 8 nitrogen and oxygen atoms in total. The summed E-state index contributed by atoms with van der Waals surface area (Å²) in [7, 11) is 0. The number of hydrogen-bond donors (Lipinski definition) is 2. The zero-order valence-corrected chi connectivity index (χ0v) is 14.0. The minimum atomic E-state index is -0.0449. The molecule has 0 radical (unpaired) electrons. The Labute approximate surface area is 148 Å². The number of H-pyrrole nitrogens is 1. The van der Waals surface area contributed by atoms with Crippen LogP contribution >= 0.6 is 0 Å². The van der Waals surface area contributed by atoms with Crippen molar-refractivity contribution in [1.82, 2.24) is 30.1 Å². The number of carbonyl (C=O) groups excluding carboxylic acids is 1. The van der Waals surface area contributed by atoms with Gasteiger partial charge in [-0.15, -0.1) is 15.3 Å². The maximum Gasteiger partial charge on any atom is 0.253 e. The Morgan fingerprint density at radius 2 is 2.15 bits per heavy atom.